The summed E-state index contributed by atoms with van der Waals surface area (Å²) >= 11 is 0. The van der Waals surface area contributed by atoms with Gasteiger partial charge in [-0.1, -0.05) is 0 Å². The Labute approximate surface area is 117 Å². The molecule has 2 N–H and O–H groups in total. The van der Waals surface area contributed by atoms with Crippen molar-refractivity contribution in [3.63, 3.8) is 0 Å². The monoisotopic (exact) mass is 276 g/mol. The first-order valence-corrected chi connectivity index (χ1v) is 7.48. The van der Waals surface area contributed by atoms with Crippen LogP contribution in [0, 0.1) is 5.92 Å². The van der Waals surface area contributed by atoms with E-state index >= 15 is 0 Å². The zero-order valence-corrected chi connectivity index (χ0v) is 11.5. The highest BCUT2D eigenvalue weighted by molar-refractivity contribution is 5.75. The van der Waals surface area contributed by atoms with Crippen LogP contribution in [0.1, 0.15) is 42.6 Å². The lowest BCUT2D eigenvalue weighted by atomic mass is 10.2. The van der Waals surface area contributed by atoms with E-state index in [-0.39, 0.29) is 6.03 Å². The average molecular weight is 276 g/mol. The summed E-state index contributed by atoms with van der Waals surface area (Å²) in [5.41, 5.74) is 3.16. The minimum atomic E-state index is 0.0435. The first-order chi connectivity index (χ1) is 9.79. The standard InChI is InChI=1S/C14H20N4O2/c19-14(15-10-3-4-10)18-5-11-12(6-18)16-17-13(11)8-20-7-9-1-2-9/h9-10H,1-8H2,(H,15,19)(H,16,17). The maximum Gasteiger partial charge on any atom is 0.318 e. The molecule has 0 saturated heterocycles. The Kier molecular flexibility index (Phi) is 2.91. The molecule has 2 aliphatic carbocycles. The van der Waals surface area contributed by atoms with Gasteiger partial charge in [0.15, 0.2) is 0 Å². The van der Waals surface area contributed by atoms with Gasteiger partial charge in [-0.2, -0.15) is 5.10 Å². The van der Waals surface area contributed by atoms with Gasteiger partial charge in [0.25, 0.3) is 0 Å². The summed E-state index contributed by atoms with van der Waals surface area (Å²) in [5, 5.41) is 10.4. The molecule has 0 aromatic carbocycles. The van der Waals surface area contributed by atoms with Crippen LogP contribution in [0.15, 0.2) is 0 Å². The Balaban J connectivity index is 1.34. The number of nitrogens with zero attached hydrogens (tertiary/aromatic N) is 2. The number of hydrogen-bond acceptors (Lipinski definition) is 3. The zero-order valence-electron chi connectivity index (χ0n) is 11.5. The largest absolute Gasteiger partial charge is 0.375 e. The summed E-state index contributed by atoms with van der Waals surface area (Å²) in [4.78, 5) is 13.9. The van der Waals surface area contributed by atoms with Gasteiger partial charge in [0.1, 0.15) is 0 Å². The van der Waals surface area contributed by atoms with Gasteiger partial charge in [-0.05, 0) is 31.6 Å². The number of urea groups is 1. The minimum absolute atomic E-state index is 0.0435. The lowest BCUT2D eigenvalue weighted by Gasteiger charge is -2.16. The summed E-state index contributed by atoms with van der Waals surface area (Å²) in [6.07, 6.45) is 4.83. The van der Waals surface area contributed by atoms with Gasteiger partial charge in [-0.25, -0.2) is 4.79 Å². The average Bonchev–Trinajstić information content (AvgIpc) is 3.33. The molecule has 0 radical (unpaired) electrons. The lowest BCUT2D eigenvalue weighted by molar-refractivity contribution is 0.108. The van der Waals surface area contributed by atoms with Gasteiger partial charge in [0.05, 0.1) is 31.1 Å². The van der Waals surface area contributed by atoms with Gasteiger partial charge >= 0.3 is 6.03 Å². The number of hydrogen-bond donors (Lipinski definition) is 2. The molecular formula is C14H20N4O2. The van der Waals surface area contributed by atoms with Gasteiger partial charge in [0.2, 0.25) is 0 Å². The van der Waals surface area contributed by atoms with Crippen LogP contribution in [-0.2, 0) is 24.4 Å². The first-order valence-electron chi connectivity index (χ1n) is 7.48. The molecule has 1 aromatic rings. The molecule has 2 amide bonds. The quantitative estimate of drug-likeness (QED) is 0.856. The second-order valence-corrected chi connectivity index (χ2v) is 6.17. The molecule has 0 unspecified atom stereocenters. The van der Waals surface area contributed by atoms with Crippen LogP contribution in [-0.4, -0.2) is 33.8 Å². The van der Waals surface area contributed by atoms with Gasteiger partial charge < -0.3 is 15.0 Å². The molecule has 2 saturated carbocycles. The van der Waals surface area contributed by atoms with E-state index in [9.17, 15) is 4.79 Å². The SMILES string of the molecule is O=C(NC1CC1)N1Cc2[nH]nc(COCC3CC3)c2C1. The summed E-state index contributed by atoms with van der Waals surface area (Å²) in [6.45, 7) is 2.67. The van der Waals surface area contributed by atoms with Crippen LogP contribution in [0.4, 0.5) is 4.79 Å². The summed E-state index contributed by atoms with van der Waals surface area (Å²) in [5.74, 6) is 0.766. The van der Waals surface area contributed by atoms with Crippen LogP contribution < -0.4 is 5.32 Å². The number of aromatic amines is 1. The zero-order chi connectivity index (χ0) is 13.5. The molecule has 3 aliphatic rings. The minimum Gasteiger partial charge on any atom is -0.375 e. The molecule has 6 heteroatoms. The van der Waals surface area contributed by atoms with E-state index < -0.39 is 0 Å². The maximum atomic E-state index is 12.0. The predicted molar refractivity (Wildman–Crippen MR) is 71.8 cm³/mol. The molecule has 2 heterocycles. The highest BCUT2D eigenvalue weighted by Gasteiger charge is 2.31. The fraction of sp³-hybridized carbons (Fsp3) is 0.714. The Morgan fingerprint density at radius 3 is 2.95 bits per heavy atom. The number of amides is 2. The predicted octanol–water partition coefficient (Wildman–Crippen LogP) is 1.52. The number of rotatable bonds is 5. The molecule has 0 bridgehead atoms. The van der Waals surface area contributed by atoms with Crippen molar-refractivity contribution >= 4 is 6.03 Å². The van der Waals surface area contributed by atoms with Crippen molar-refractivity contribution < 1.29 is 9.53 Å². The summed E-state index contributed by atoms with van der Waals surface area (Å²) < 4.78 is 5.70. The third-order valence-corrected chi connectivity index (χ3v) is 4.22. The van der Waals surface area contributed by atoms with E-state index in [0.29, 0.717) is 25.7 Å². The van der Waals surface area contributed by atoms with E-state index in [1.54, 1.807) is 0 Å². The highest BCUT2D eigenvalue weighted by atomic mass is 16.5. The first kappa shape index (κ1) is 12.2. The van der Waals surface area contributed by atoms with Gasteiger partial charge in [-0.15, -0.1) is 0 Å². The second-order valence-electron chi connectivity index (χ2n) is 6.17. The van der Waals surface area contributed by atoms with Gasteiger partial charge in [-0.3, -0.25) is 5.10 Å². The Hall–Kier alpha value is -1.56. The number of ether oxygens (including phenoxy) is 1. The van der Waals surface area contributed by atoms with E-state index in [4.69, 9.17) is 4.74 Å². The molecular weight excluding hydrogens is 256 g/mol. The van der Waals surface area contributed by atoms with Crippen molar-refractivity contribution in [3.05, 3.63) is 17.0 Å². The molecule has 1 aliphatic heterocycles. The van der Waals surface area contributed by atoms with Crippen LogP contribution in [0.25, 0.3) is 0 Å². The molecule has 108 valence electrons. The third-order valence-electron chi connectivity index (χ3n) is 4.22. The van der Waals surface area contributed by atoms with Crippen molar-refractivity contribution in [3.8, 4) is 0 Å². The number of nitrogens with one attached hydrogen (secondary N) is 2. The number of fused-ring (bicyclic) bond motifs is 1. The van der Waals surface area contributed by atoms with Crippen LogP contribution in [0.3, 0.4) is 0 Å². The topological polar surface area (TPSA) is 70.2 Å². The molecule has 20 heavy (non-hydrogen) atoms. The number of carbonyl (C=O) groups excluding carboxylic acids is 1. The van der Waals surface area contributed by atoms with Crippen LogP contribution in [0.5, 0.6) is 0 Å². The molecule has 0 atom stereocenters. The van der Waals surface area contributed by atoms with Crippen LogP contribution >= 0.6 is 0 Å². The fourth-order valence-corrected chi connectivity index (χ4v) is 2.56. The number of aromatic nitrogens is 2. The fourth-order valence-electron chi connectivity index (χ4n) is 2.56. The molecule has 1 aromatic heterocycles. The van der Waals surface area contributed by atoms with E-state index in [2.05, 4.69) is 15.5 Å². The summed E-state index contributed by atoms with van der Waals surface area (Å²) in [6, 6.07) is 0.447. The van der Waals surface area contributed by atoms with Crippen molar-refractivity contribution in [2.75, 3.05) is 6.61 Å². The van der Waals surface area contributed by atoms with E-state index in [0.717, 1.165) is 42.3 Å². The van der Waals surface area contributed by atoms with Crippen molar-refractivity contribution in [1.82, 2.24) is 20.4 Å². The van der Waals surface area contributed by atoms with Crippen LogP contribution in [0.2, 0.25) is 0 Å². The second kappa shape index (κ2) is 4.77. The van der Waals surface area contributed by atoms with Crippen molar-refractivity contribution in [2.24, 2.45) is 5.92 Å². The van der Waals surface area contributed by atoms with Gasteiger partial charge in [0, 0.05) is 18.2 Å². The lowest BCUT2D eigenvalue weighted by Crippen LogP contribution is -2.37. The molecule has 2 fully saturated rings. The summed E-state index contributed by atoms with van der Waals surface area (Å²) in [7, 11) is 0. The third kappa shape index (κ3) is 2.52. The highest BCUT2D eigenvalue weighted by Crippen LogP contribution is 2.30. The maximum absolute atomic E-state index is 12.0. The van der Waals surface area contributed by atoms with Crippen molar-refractivity contribution in [2.45, 2.75) is 51.4 Å². The molecule has 0 spiro atoms. The number of H-pyrrole nitrogens is 1. The smallest absolute Gasteiger partial charge is 0.318 e. The Morgan fingerprint density at radius 1 is 1.35 bits per heavy atom. The van der Waals surface area contributed by atoms with E-state index in [1.165, 1.54) is 12.8 Å². The Bertz CT molecular complexity index is 519. The molecule has 6 nitrogen and oxygen atoms in total. The van der Waals surface area contributed by atoms with E-state index in [1.807, 2.05) is 4.90 Å². The van der Waals surface area contributed by atoms with Crippen molar-refractivity contribution in [1.29, 1.82) is 0 Å². The normalized spacial score (nSPS) is 21.1. The Morgan fingerprint density at radius 2 is 2.20 bits per heavy atom. The number of carbonyl (C=O) groups is 1. The molecule has 4 rings (SSSR count).